The number of carbonyl (C=O) groups is 6. The molecular formula is C56H86N2O15. The summed E-state index contributed by atoms with van der Waals surface area (Å²) >= 11 is 0. The standard InChI is InChI=1S/C55H82N2O14.CH4O/c1-32-13-10-9-11-14-33(2)27-35(4)48(60)50(68-8)49(61)36(5)28-34(3)43(59)31-45-42(29-38-18-21-44(46(30-38)67-7)70-54(65)56-25-22-39(58)23-26-56)41-15-12-24-57(47(41)53(64)69-45)52(63)51(62)55(66)37(6)17-20-40(71-55)19-16-32;1-2/h9-11,13-14,28,33-35,37-42,44-47,49-50,58,61,66H,12,15-27,29-31H2,1-8H3;2H,1H3/b10-9+,14-11+,32-13+,36-28+;/t33-,34-,35?,37?,38?,40-,41-,42?,44-,45+,46?,47?,49?,50+,55?;/m1./s1. The summed E-state index contributed by atoms with van der Waals surface area (Å²) in [6, 6.07) is -1.15. The molecule has 2 amide bonds. The number of methoxy groups -OCH3 is 2. The molecule has 5 fully saturated rings. The van der Waals surface area contributed by atoms with Gasteiger partial charge in [0, 0.05) is 71.1 Å². The van der Waals surface area contributed by atoms with Crippen molar-refractivity contribution < 1.29 is 72.9 Å². The van der Waals surface area contributed by atoms with Crippen molar-refractivity contribution in [3.05, 3.63) is 47.6 Å². The Balaban J connectivity index is 0.00000488. The molecule has 8 unspecified atom stereocenters. The minimum absolute atomic E-state index is 0.0190. The molecule has 5 heterocycles. The fraction of sp³-hybridized carbons (Fsp3) is 0.750. The Bertz CT molecular complexity index is 2030. The molecule has 0 aromatic rings. The van der Waals surface area contributed by atoms with Gasteiger partial charge in [0.25, 0.3) is 11.7 Å². The van der Waals surface area contributed by atoms with Gasteiger partial charge in [-0.1, -0.05) is 69.7 Å². The summed E-state index contributed by atoms with van der Waals surface area (Å²) in [4.78, 5) is 87.4. The summed E-state index contributed by atoms with van der Waals surface area (Å²) in [6.45, 7) is 11.8. The topological polar surface area (TPSA) is 236 Å². The molecule has 5 aliphatic heterocycles. The highest BCUT2D eigenvalue weighted by molar-refractivity contribution is 6.39. The molecular weight excluding hydrogens is 941 g/mol. The van der Waals surface area contributed by atoms with Gasteiger partial charge >= 0.3 is 12.1 Å². The molecule has 1 saturated carbocycles. The van der Waals surface area contributed by atoms with Crippen LogP contribution < -0.4 is 0 Å². The fourth-order valence-electron chi connectivity index (χ4n) is 12.0. The quantitative estimate of drug-likeness (QED) is 0.141. The summed E-state index contributed by atoms with van der Waals surface area (Å²) in [6.07, 6.45) is 12.3. The van der Waals surface area contributed by atoms with E-state index in [4.69, 9.17) is 28.8 Å². The van der Waals surface area contributed by atoms with Crippen LogP contribution >= 0.6 is 0 Å². The molecule has 0 radical (unpaired) electrons. The largest absolute Gasteiger partial charge is 0.460 e. The highest BCUT2D eigenvalue weighted by atomic mass is 16.6. The lowest BCUT2D eigenvalue weighted by Gasteiger charge is -2.50. The molecule has 0 aromatic heterocycles. The average Bonchev–Trinajstić information content (AvgIpc) is 3.37. The average molecular weight is 1030 g/mol. The van der Waals surface area contributed by atoms with Gasteiger partial charge in [-0.05, 0) is 121 Å². The third-order valence-corrected chi connectivity index (χ3v) is 16.5. The molecule has 0 spiro atoms. The molecule has 15 atom stereocenters. The van der Waals surface area contributed by atoms with Crippen LogP contribution in [-0.4, -0.2) is 161 Å². The number of Topliss-reactive ketones (excluding diaryl/α,β-unsaturated/α-hetero) is 3. The summed E-state index contributed by atoms with van der Waals surface area (Å²) < 4.78 is 30.0. The molecule has 0 aromatic carbocycles. The molecule has 6 aliphatic rings. The van der Waals surface area contributed by atoms with Crippen LogP contribution in [0, 0.1) is 41.4 Å². The van der Waals surface area contributed by atoms with Crippen molar-refractivity contribution in [3.63, 3.8) is 0 Å². The highest BCUT2D eigenvalue weighted by Gasteiger charge is 2.57. The number of ether oxygens (including phenoxy) is 5. The Labute approximate surface area is 432 Å². The molecule has 4 bridgehead atoms. The minimum Gasteiger partial charge on any atom is -0.460 e. The molecule has 1 aliphatic carbocycles. The van der Waals surface area contributed by atoms with Gasteiger partial charge in [-0.3, -0.25) is 19.2 Å². The van der Waals surface area contributed by atoms with Crippen molar-refractivity contribution in [2.75, 3.05) is 41.0 Å². The first-order valence-corrected chi connectivity index (χ1v) is 26.8. The Morgan fingerprint density at radius 1 is 0.836 bits per heavy atom. The number of fused-ring (bicyclic) bond motifs is 4. The first kappa shape index (κ1) is 59.8. The van der Waals surface area contributed by atoms with Gasteiger partial charge in [-0.15, -0.1) is 0 Å². The SMILES string of the molecule is CO.COC1CC(CC2[C@H]3CCCN4C(=O)C(=O)C5(O)O[C@H](CC/C(C)=C/C=C/C=C/[C@@H](C)CC(C)C(=O)[C@H](OC)C(O)/C(C)=C/[C@@H](C)C(=O)C[C@@H]2OC(=O)C34)CCC5C)CC[C@H]1OC(=O)N1CCC(O)CC1. The maximum atomic E-state index is 14.5. The van der Waals surface area contributed by atoms with Gasteiger partial charge in [0.15, 0.2) is 5.78 Å². The second-order valence-electron chi connectivity index (χ2n) is 21.8. The lowest BCUT2D eigenvalue weighted by atomic mass is 9.68. The van der Waals surface area contributed by atoms with E-state index in [0.29, 0.717) is 102 Å². The van der Waals surface area contributed by atoms with E-state index in [2.05, 4.69) is 0 Å². The van der Waals surface area contributed by atoms with E-state index in [9.17, 15) is 44.1 Å². The third-order valence-electron chi connectivity index (χ3n) is 16.5. The van der Waals surface area contributed by atoms with E-state index in [1.807, 2.05) is 51.2 Å². The van der Waals surface area contributed by atoms with Crippen LogP contribution in [0.5, 0.6) is 0 Å². The zero-order valence-corrected chi connectivity index (χ0v) is 44.8. The normalized spacial score (nSPS) is 39.5. The number of piperidine rings is 2. The number of carbonyl (C=O) groups excluding carboxylic acids is 6. The summed E-state index contributed by atoms with van der Waals surface area (Å²) in [7, 11) is 3.96. The van der Waals surface area contributed by atoms with E-state index in [1.54, 1.807) is 38.9 Å². The predicted molar refractivity (Wildman–Crippen MR) is 271 cm³/mol. The third kappa shape index (κ3) is 15.1. The maximum absolute atomic E-state index is 14.5. The lowest BCUT2D eigenvalue weighted by Crippen LogP contribution is -2.65. The van der Waals surface area contributed by atoms with Crippen molar-refractivity contribution >= 4 is 35.3 Å². The van der Waals surface area contributed by atoms with Crippen LogP contribution in [0.15, 0.2) is 47.6 Å². The van der Waals surface area contributed by atoms with Crippen molar-refractivity contribution in [2.24, 2.45) is 41.4 Å². The molecule has 17 nitrogen and oxygen atoms in total. The zero-order valence-electron chi connectivity index (χ0n) is 44.8. The minimum atomic E-state index is -2.40. The van der Waals surface area contributed by atoms with Crippen LogP contribution in [0.3, 0.4) is 0 Å². The fourth-order valence-corrected chi connectivity index (χ4v) is 12.0. The monoisotopic (exact) mass is 1030 g/mol. The summed E-state index contributed by atoms with van der Waals surface area (Å²) in [5.74, 6) is -8.55. The van der Waals surface area contributed by atoms with E-state index < -0.39 is 108 Å². The Morgan fingerprint density at radius 2 is 1.55 bits per heavy atom. The number of hydrogen-bond acceptors (Lipinski definition) is 15. The van der Waals surface area contributed by atoms with Crippen molar-refractivity contribution in [3.8, 4) is 0 Å². The van der Waals surface area contributed by atoms with Gasteiger partial charge in [-0.2, -0.15) is 0 Å². The van der Waals surface area contributed by atoms with Crippen LogP contribution in [0.1, 0.15) is 131 Å². The van der Waals surface area contributed by atoms with Crippen LogP contribution in [-0.2, 0) is 47.7 Å². The second kappa shape index (κ2) is 27.6. The molecule has 6 rings (SSSR count). The van der Waals surface area contributed by atoms with Crippen LogP contribution in [0.2, 0.25) is 0 Å². The lowest BCUT2D eigenvalue weighted by molar-refractivity contribution is -0.263. The Kier molecular flexibility index (Phi) is 22.6. The number of aliphatic hydroxyl groups is 4. The van der Waals surface area contributed by atoms with Crippen molar-refractivity contribution in [1.82, 2.24) is 9.80 Å². The second-order valence-corrected chi connectivity index (χ2v) is 21.8. The van der Waals surface area contributed by atoms with E-state index in [1.165, 1.54) is 12.0 Å². The summed E-state index contributed by atoms with van der Waals surface area (Å²) in [5.41, 5.74) is 1.44. The van der Waals surface area contributed by atoms with Gasteiger partial charge in [0.2, 0.25) is 5.79 Å². The number of esters is 1. The van der Waals surface area contributed by atoms with Gasteiger partial charge in [-0.25, -0.2) is 9.59 Å². The van der Waals surface area contributed by atoms with E-state index >= 15 is 0 Å². The number of allylic oxidation sites excluding steroid dienone is 7. The van der Waals surface area contributed by atoms with Crippen molar-refractivity contribution in [1.29, 1.82) is 0 Å². The Morgan fingerprint density at radius 3 is 2.23 bits per heavy atom. The molecule has 4 N–H and O–H groups in total. The zero-order chi connectivity index (χ0) is 53.7. The van der Waals surface area contributed by atoms with Crippen LogP contribution in [0.25, 0.3) is 0 Å². The van der Waals surface area contributed by atoms with Gasteiger partial charge < -0.3 is 53.9 Å². The van der Waals surface area contributed by atoms with Crippen LogP contribution in [0.4, 0.5) is 4.79 Å². The molecule has 4 saturated heterocycles. The van der Waals surface area contributed by atoms with E-state index in [-0.39, 0.29) is 36.4 Å². The van der Waals surface area contributed by atoms with Crippen molar-refractivity contribution in [2.45, 2.75) is 186 Å². The highest BCUT2D eigenvalue weighted by Crippen LogP contribution is 2.46. The predicted octanol–water partition coefficient (Wildman–Crippen LogP) is 5.99. The number of nitrogens with zero attached hydrogens (tertiary/aromatic N) is 2. The molecule has 17 heteroatoms. The molecule has 410 valence electrons. The Hall–Kier alpha value is -4.10. The van der Waals surface area contributed by atoms with Gasteiger partial charge in [0.05, 0.1) is 18.3 Å². The number of ketones is 3. The number of rotatable bonds is 5. The first-order valence-electron chi connectivity index (χ1n) is 26.8. The van der Waals surface area contributed by atoms with Gasteiger partial charge in [0.1, 0.15) is 36.2 Å². The smallest absolute Gasteiger partial charge is 0.410 e. The number of likely N-dealkylation sites (tertiary alicyclic amines) is 1. The number of aliphatic hydroxyl groups excluding tert-OH is 3. The maximum Gasteiger partial charge on any atom is 0.410 e. The van der Waals surface area contributed by atoms with E-state index in [0.717, 1.165) is 12.7 Å². The number of amides is 2. The first-order chi connectivity index (χ1) is 34.8. The number of hydrogen-bond donors (Lipinski definition) is 4. The summed E-state index contributed by atoms with van der Waals surface area (Å²) in [5, 5.41) is 40.5. The molecule has 73 heavy (non-hydrogen) atoms.